The fraction of sp³-hybridized carbons (Fsp3) is 0.765. The van der Waals surface area contributed by atoms with E-state index in [1.807, 2.05) is 35.5 Å². The molecule has 6 heteroatoms. The van der Waals surface area contributed by atoms with Gasteiger partial charge in [-0.3, -0.25) is 9.48 Å². The minimum atomic E-state index is -0.694. The first-order chi connectivity index (χ1) is 10.9. The van der Waals surface area contributed by atoms with Crippen molar-refractivity contribution in [3.8, 4) is 0 Å². The molecule has 1 N–H and O–H groups in total. The van der Waals surface area contributed by atoms with Gasteiger partial charge in [-0.05, 0) is 46.7 Å². The second-order valence-electron chi connectivity index (χ2n) is 6.97. The van der Waals surface area contributed by atoms with Gasteiger partial charge in [0.15, 0.2) is 0 Å². The van der Waals surface area contributed by atoms with Gasteiger partial charge in [0.25, 0.3) is 5.91 Å². The van der Waals surface area contributed by atoms with E-state index in [0.29, 0.717) is 31.6 Å². The number of likely N-dealkylation sites (N-methyl/N-ethyl adjacent to an activating group) is 1. The lowest BCUT2D eigenvalue weighted by Crippen LogP contribution is -2.41. The molecule has 23 heavy (non-hydrogen) atoms. The Morgan fingerprint density at radius 2 is 2.13 bits per heavy atom. The number of rotatable bonds is 5. The van der Waals surface area contributed by atoms with Crippen molar-refractivity contribution in [2.75, 3.05) is 33.7 Å². The summed E-state index contributed by atoms with van der Waals surface area (Å²) in [4.78, 5) is 16.7. The molecule has 2 rings (SSSR count). The first kappa shape index (κ1) is 17.9. The van der Waals surface area contributed by atoms with E-state index in [1.54, 1.807) is 6.20 Å². The average molecular weight is 322 g/mol. The molecular formula is C17H30N4O2. The van der Waals surface area contributed by atoms with Gasteiger partial charge in [-0.15, -0.1) is 0 Å². The molecule has 6 nitrogen and oxygen atoms in total. The third-order valence-electron chi connectivity index (χ3n) is 4.58. The number of hydrogen-bond donors (Lipinski definition) is 1. The number of carbonyl (C=O) groups excluding carboxylic acids is 1. The summed E-state index contributed by atoms with van der Waals surface area (Å²) in [5, 5.41) is 15.1. The Morgan fingerprint density at radius 1 is 1.39 bits per heavy atom. The van der Waals surface area contributed by atoms with Crippen LogP contribution in [0.4, 0.5) is 0 Å². The van der Waals surface area contributed by atoms with Gasteiger partial charge in [0.05, 0.1) is 17.4 Å². The molecule has 0 spiro atoms. The van der Waals surface area contributed by atoms with Crippen LogP contribution in [0.1, 0.15) is 48.7 Å². The van der Waals surface area contributed by atoms with E-state index in [2.05, 4.69) is 12.0 Å². The van der Waals surface area contributed by atoms with Crippen LogP contribution in [-0.2, 0) is 6.54 Å². The largest absolute Gasteiger partial charge is 0.388 e. The lowest BCUT2D eigenvalue weighted by atomic mass is 9.94. The van der Waals surface area contributed by atoms with Gasteiger partial charge in [0.2, 0.25) is 0 Å². The van der Waals surface area contributed by atoms with Gasteiger partial charge in [-0.1, -0.05) is 6.92 Å². The quantitative estimate of drug-likeness (QED) is 0.893. The molecule has 1 aromatic rings. The molecule has 1 unspecified atom stereocenters. The van der Waals surface area contributed by atoms with Crippen molar-refractivity contribution in [2.24, 2.45) is 0 Å². The summed E-state index contributed by atoms with van der Waals surface area (Å²) < 4.78 is 1.90. The van der Waals surface area contributed by atoms with Crippen molar-refractivity contribution in [3.63, 3.8) is 0 Å². The Kier molecular flexibility index (Phi) is 5.81. The first-order valence-electron chi connectivity index (χ1n) is 8.55. The molecule has 0 bridgehead atoms. The maximum absolute atomic E-state index is 12.8. The Bertz CT molecular complexity index is 541. The van der Waals surface area contributed by atoms with Crippen molar-refractivity contribution in [2.45, 2.75) is 51.7 Å². The number of aryl methyl sites for hydroxylation is 1. The second kappa shape index (κ2) is 7.45. The Labute approximate surface area is 139 Å². The second-order valence-corrected chi connectivity index (χ2v) is 6.97. The molecule has 1 atom stereocenters. The van der Waals surface area contributed by atoms with E-state index in [-0.39, 0.29) is 5.91 Å². The number of aliphatic hydroxyl groups is 1. The van der Waals surface area contributed by atoms with Crippen LogP contribution >= 0.6 is 0 Å². The zero-order valence-corrected chi connectivity index (χ0v) is 14.9. The van der Waals surface area contributed by atoms with Crippen molar-refractivity contribution in [3.05, 3.63) is 17.5 Å². The third-order valence-corrected chi connectivity index (χ3v) is 4.58. The highest BCUT2D eigenvalue weighted by atomic mass is 16.3. The summed E-state index contributed by atoms with van der Waals surface area (Å²) in [6, 6.07) is 0. The summed E-state index contributed by atoms with van der Waals surface area (Å²) in [6.07, 6.45) is 4.88. The Morgan fingerprint density at radius 3 is 2.78 bits per heavy atom. The highest BCUT2D eigenvalue weighted by molar-refractivity contribution is 5.95. The highest BCUT2D eigenvalue weighted by Crippen LogP contribution is 2.24. The Hall–Kier alpha value is -1.40. The number of nitrogens with zero attached hydrogens (tertiary/aromatic N) is 4. The van der Waals surface area contributed by atoms with Crippen LogP contribution in [0.3, 0.4) is 0 Å². The van der Waals surface area contributed by atoms with Crippen molar-refractivity contribution >= 4 is 5.91 Å². The smallest absolute Gasteiger partial charge is 0.257 e. The molecule has 0 saturated carbocycles. The first-order valence-corrected chi connectivity index (χ1v) is 8.55. The van der Waals surface area contributed by atoms with Crippen LogP contribution < -0.4 is 0 Å². The molecular weight excluding hydrogens is 292 g/mol. The van der Waals surface area contributed by atoms with Gasteiger partial charge in [0.1, 0.15) is 0 Å². The fourth-order valence-electron chi connectivity index (χ4n) is 3.39. The topological polar surface area (TPSA) is 61.6 Å². The maximum Gasteiger partial charge on any atom is 0.257 e. The lowest BCUT2D eigenvalue weighted by molar-refractivity contribution is 0.00305. The zero-order valence-electron chi connectivity index (χ0n) is 14.9. The Balaban J connectivity index is 2.06. The van der Waals surface area contributed by atoms with Gasteiger partial charge in [-0.2, -0.15) is 5.10 Å². The van der Waals surface area contributed by atoms with Crippen LogP contribution in [0.25, 0.3) is 0 Å². The molecule has 1 aliphatic rings. The predicted molar refractivity (Wildman–Crippen MR) is 90.5 cm³/mol. The van der Waals surface area contributed by atoms with Crippen molar-refractivity contribution in [1.82, 2.24) is 19.6 Å². The standard InChI is InChI=1S/C17H30N4O2/c1-5-9-21-14(2)15(12-18-21)16(22)20-10-6-7-17(23,8-11-20)13-19(3)4/h12,23H,5-11,13H2,1-4H3. The van der Waals surface area contributed by atoms with Gasteiger partial charge in [0, 0.05) is 31.9 Å². The molecule has 1 aromatic heterocycles. The molecule has 1 fully saturated rings. The van der Waals surface area contributed by atoms with Crippen LogP contribution in [0.2, 0.25) is 0 Å². The molecule has 0 radical (unpaired) electrons. The van der Waals surface area contributed by atoms with Crippen molar-refractivity contribution in [1.29, 1.82) is 0 Å². The molecule has 1 amide bonds. The third kappa shape index (κ3) is 4.32. The predicted octanol–water partition coefficient (Wildman–Crippen LogP) is 1.52. The van der Waals surface area contributed by atoms with Crippen molar-refractivity contribution < 1.29 is 9.90 Å². The normalized spacial score (nSPS) is 22.4. The SMILES string of the molecule is CCCn1ncc(C(=O)N2CCCC(O)(CN(C)C)CC2)c1C. The zero-order chi connectivity index (χ0) is 17.0. The van der Waals surface area contributed by atoms with Crippen LogP contribution in [0.5, 0.6) is 0 Å². The fourth-order valence-corrected chi connectivity index (χ4v) is 3.39. The van der Waals surface area contributed by atoms with E-state index >= 15 is 0 Å². The summed E-state index contributed by atoms with van der Waals surface area (Å²) in [5.74, 6) is 0.0407. The monoisotopic (exact) mass is 322 g/mol. The van der Waals surface area contributed by atoms with E-state index < -0.39 is 5.60 Å². The minimum absolute atomic E-state index is 0.0407. The molecule has 0 aromatic carbocycles. The molecule has 2 heterocycles. The number of aromatic nitrogens is 2. The van der Waals surface area contributed by atoms with Gasteiger partial charge in [-0.25, -0.2) is 0 Å². The van der Waals surface area contributed by atoms with E-state index in [9.17, 15) is 9.90 Å². The van der Waals surface area contributed by atoms with Crippen LogP contribution in [0, 0.1) is 6.92 Å². The van der Waals surface area contributed by atoms with E-state index in [0.717, 1.165) is 31.5 Å². The van der Waals surface area contributed by atoms with Gasteiger partial charge < -0.3 is 14.9 Å². The number of hydrogen-bond acceptors (Lipinski definition) is 4. The van der Waals surface area contributed by atoms with Crippen LogP contribution in [-0.4, -0.2) is 69.9 Å². The van der Waals surface area contributed by atoms with E-state index in [1.165, 1.54) is 0 Å². The summed E-state index contributed by atoms with van der Waals surface area (Å²) in [6.45, 7) is 6.83. The average Bonchev–Trinajstić information content (AvgIpc) is 2.71. The molecule has 0 aliphatic carbocycles. The molecule has 1 saturated heterocycles. The van der Waals surface area contributed by atoms with Gasteiger partial charge >= 0.3 is 0 Å². The highest BCUT2D eigenvalue weighted by Gasteiger charge is 2.32. The number of likely N-dealkylation sites (tertiary alicyclic amines) is 1. The summed E-state index contributed by atoms with van der Waals surface area (Å²) in [7, 11) is 3.94. The summed E-state index contributed by atoms with van der Waals surface area (Å²) in [5.41, 5.74) is 0.932. The van der Waals surface area contributed by atoms with Crippen LogP contribution in [0.15, 0.2) is 6.20 Å². The lowest BCUT2D eigenvalue weighted by Gasteiger charge is -2.29. The van der Waals surface area contributed by atoms with E-state index in [4.69, 9.17) is 0 Å². The maximum atomic E-state index is 12.8. The molecule has 1 aliphatic heterocycles. The molecule has 130 valence electrons. The number of amides is 1. The minimum Gasteiger partial charge on any atom is -0.388 e. The number of carbonyl (C=O) groups is 1. The summed E-state index contributed by atoms with van der Waals surface area (Å²) >= 11 is 0.